The van der Waals surface area contributed by atoms with Crippen LogP contribution in [-0.4, -0.2) is 24.9 Å². The average Bonchev–Trinajstić information content (AvgIpc) is 3.01. The lowest BCUT2D eigenvalue weighted by Gasteiger charge is -2.10. The molecule has 0 fully saturated rings. The molecular formula is C17H16F3N3O3S. The van der Waals surface area contributed by atoms with Gasteiger partial charge >= 0.3 is 6.18 Å². The van der Waals surface area contributed by atoms with Gasteiger partial charge in [0.25, 0.3) is 0 Å². The van der Waals surface area contributed by atoms with Crippen LogP contribution in [0.15, 0.2) is 47.6 Å². The molecule has 0 unspecified atom stereocenters. The number of hydrogen-bond acceptors (Lipinski definition) is 4. The molecule has 0 atom stereocenters. The van der Waals surface area contributed by atoms with Crippen LogP contribution < -0.4 is 9.46 Å². The summed E-state index contributed by atoms with van der Waals surface area (Å²) >= 11 is 0. The van der Waals surface area contributed by atoms with Crippen molar-refractivity contribution in [2.45, 2.75) is 24.5 Å². The van der Waals surface area contributed by atoms with Crippen molar-refractivity contribution in [3.05, 3.63) is 59.5 Å². The molecule has 144 valence electrons. The van der Waals surface area contributed by atoms with Gasteiger partial charge in [0.1, 0.15) is 16.3 Å². The van der Waals surface area contributed by atoms with Gasteiger partial charge in [0.05, 0.1) is 24.9 Å². The minimum atomic E-state index is -4.47. The molecule has 0 radical (unpaired) electrons. The number of imidazole rings is 1. The number of methoxy groups -OCH3 is 1. The third-order valence-electron chi connectivity index (χ3n) is 3.88. The van der Waals surface area contributed by atoms with E-state index < -0.39 is 21.8 Å². The van der Waals surface area contributed by atoms with Crippen LogP contribution in [0.2, 0.25) is 0 Å². The van der Waals surface area contributed by atoms with Crippen molar-refractivity contribution in [2.75, 3.05) is 7.11 Å². The summed E-state index contributed by atoms with van der Waals surface area (Å²) in [7, 11) is -2.53. The van der Waals surface area contributed by atoms with E-state index in [4.69, 9.17) is 4.74 Å². The van der Waals surface area contributed by atoms with E-state index in [-0.39, 0.29) is 28.5 Å². The Hall–Kier alpha value is -2.59. The molecule has 10 heteroatoms. The molecule has 0 aliphatic carbocycles. The van der Waals surface area contributed by atoms with Crippen LogP contribution in [0, 0.1) is 6.92 Å². The molecule has 0 spiro atoms. The summed E-state index contributed by atoms with van der Waals surface area (Å²) in [6.45, 7) is 1.57. The lowest BCUT2D eigenvalue weighted by atomic mass is 10.2. The topological polar surface area (TPSA) is 72.7 Å². The van der Waals surface area contributed by atoms with Crippen molar-refractivity contribution >= 4 is 15.7 Å². The van der Waals surface area contributed by atoms with Crippen molar-refractivity contribution in [2.24, 2.45) is 0 Å². The maximum atomic E-state index is 12.8. The van der Waals surface area contributed by atoms with Gasteiger partial charge < -0.3 is 9.14 Å². The molecule has 1 aromatic carbocycles. The minimum absolute atomic E-state index is 0.0203. The Bertz CT molecular complexity index is 1090. The molecule has 0 saturated carbocycles. The van der Waals surface area contributed by atoms with Gasteiger partial charge in [0.15, 0.2) is 0 Å². The molecule has 3 rings (SSSR count). The van der Waals surface area contributed by atoms with E-state index in [1.165, 1.54) is 29.8 Å². The molecular weight excluding hydrogens is 383 g/mol. The number of ether oxygens (including phenoxy) is 1. The Morgan fingerprint density at radius 2 is 1.93 bits per heavy atom. The lowest BCUT2D eigenvalue weighted by molar-refractivity contribution is -0.137. The number of fused-ring (bicyclic) bond motifs is 1. The Balaban J connectivity index is 1.85. The van der Waals surface area contributed by atoms with Gasteiger partial charge in [-0.3, -0.25) is 0 Å². The molecule has 0 aliphatic rings. The quantitative estimate of drug-likeness (QED) is 0.716. The summed E-state index contributed by atoms with van der Waals surface area (Å²) < 4.78 is 72.2. The standard InChI is InChI=1S/C17H16F3N3O3S/c1-11-3-5-14(26-2)15(7-11)27(24,25)21-8-13-10-23-9-12(17(18,19)20)4-6-16(23)22-13/h3-7,9-10,21H,8H2,1-2H3. The fraction of sp³-hybridized carbons (Fsp3) is 0.235. The summed E-state index contributed by atoms with van der Waals surface area (Å²) in [6, 6.07) is 6.89. The maximum Gasteiger partial charge on any atom is 0.417 e. The number of aryl methyl sites for hydroxylation is 1. The van der Waals surface area contributed by atoms with Gasteiger partial charge in [0.2, 0.25) is 10.0 Å². The fourth-order valence-corrected chi connectivity index (χ4v) is 3.79. The predicted octanol–water partition coefficient (Wildman–Crippen LogP) is 3.15. The molecule has 0 saturated heterocycles. The third kappa shape index (κ3) is 4.06. The van der Waals surface area contributed by atoms with Crippen molar-refractivity contribution < 1.29 is 26.3 Å². The smallest absolute Gasteiger partial charge is 0.417 e. The second-order valence-corrected chi connectivity index (χ2v) is 7.63. The second-order valence-electron chi connectivity index (χ2n) is 5.89. The lowest BCUT2D eigenvalue weighted by Crippen LogP contribution is -2.24. The Kier molecular flexibility index (Phi) is 4.87. The first-order valence-electron chi connectivity index (χ1n) is 7.79. The number of hydrogen-bond donors (Lipinski definition) is 1. The van der Waals surface area contributed by atoms with E-state index in [1.807, 2.05) is 0 Å². The zero-order chi connectivity index (χ0) is 19.8. The highest BCUT2D eigenvalue weighted by Crippen LogP contribution is 2.29. The van der Waals surface area contributed by atoms with Gasteiger partial charge in [-0.05, 0) is 36.8 Å². The van der Waals surface area contributed by atoms with Crippen molar-refractivity contribution in [1.29, 1.82) is 0 Å². The van der Waals surface area contributed by atoms with Crippen LogP contribution in [0.1, 0.15) is 16.8 Å². The number of nitrogens with one attached hydrogen (secondary N) is 1. The molecule has 3 aromatic rings. The number of benzene rings is 1. The summed E-state index contributed by atoms with van der Waals surface area (Å²) in [5.74, 6) is 0.193. The number of aromatic nitrogens is 2. The van der Waals surface area contributed by atoms with E-state index in [2.05, 4.69) is 9.71 Å². The monoisotopic (exact) mass is 399 g/mol. The SMILES string of the molecule is COc1ccc(C)cc1S(=O)(=O)NCc1cn2cc(C(F)(F)F)ccc2n1. The zero-order valence-electron chi connectivity index (χ0n) is 14.4. The molecule has 27 heavy (non-hydrogen) atoms. The normalized spacial score (nSPS) is 12.5. The molecule has 0 aliphatic heterocycles. The number of halogens is 3. The van der Waals surface area contributed by atoms with Gasteiger partial charge in [-0.2, -0.15) is 13.2 Å². The van der Waals surface area contributed by atoms with E-state index in [9.17, 15) is 21.6 Å². The fourth-order valence-electron chi connectivity index (χ4n) is 2.54. The van der Waals surface area contributed by atoms with Crippen molar-refractivity contribution in [3.63, 3.8) is 0 Å². The largest absolute Gasteiger partial charge is 0.495 e. The first-order valence-corrected chi connectivity index (χ1v) is 9.27. The number of rotatable bonds is 5. The van der Waals surface area contributed by atoms with Gasteiger partial charge in [-0.1, -0.05) is 6.07 Å². The molecule has 6 nitrogen and oxygen atoms in total. The van der Waals surface area contributed by atoms with E-state index in [0.29, 0.717) is 0 Å². The molecule has 0 bridgehead atoms. The van der Waals surface area contributed by atoms with Crippen LogP contribution in [0.5, 0.6) is 5.75 Å². The number of alkyl halides is 3. The maximum absolute atomic E-state index is 12.8. The summed E-state index contributed by atoms with van der Waals surface area (Å²) in [4.78, 5) is 4.11. The summed E-state index contributed by atoms with van der Waals surface area (Å²) in [5, 5.41) is 0. The van der Waals surface area contributed by atoms with Crippen molar-refractivity contribution in [1.82, 2.24) is 14.1 Å². The van der Waals surface area contributed by atoms with Crippen LogP contribution in [0.4, 0.5) is 13.2 Å². The Morgan fingerprint density at radius 3 is 2.59 bits per heavy atom. The van der Waals surface area contributed by atoms with E-state index in [0.717, 1.165) is 17.8 Å². The first-order chi connectivity index (χ1) is 12.6. The van der Waals surface area contributed by atoms with Crippen LogP contribution >= 0.6 is 0 Å². The second kappa shape index (κ2) is 6.86. The Labute approximate surface area is 153 Å². The average molecular weight is 399 g/mol. The highest BCUT2D eigenvalue weighted by molar-refractivity contribution is 7.89. The van der Waals surface area contributed by atoms with Gasteiger partial charge in [0, 0.05) is 12.4 Å². The molecule has 0 amide bonds. The van der Waals surface area contributed by atoms with Crippen LogP contribution in [-0.2, 0) is 22.7 Å². The van der Waals surface area contributed by atoms with Gasteiger partial charge in [-0.15, -0.1) is 0 Å². The first kappa shape index (κ1) is 19.2. The molecule has 2 aromatic heterocycles. The minimum Gasteiger partial charge on any atom is -0.495 e. The highest BCUT2D eigenvalue weighted by atomic mass is 32.2. The zero-order valence-corrected chi connectivity index (χ0v) is 15.2. The van der Waals surface area contributed by atoms with E-state index in [1.54, 1.807) is 19.1 Å². The highest BCUT2D eigenvalue weighted by Gasteiger charge is 2.31. The van der Waals surface area contributed by atoms with E-state index >= 15 is 0 Å². The number of pyridine rings is 1. The van der Waals surface area contributed by atoms with Gasteiger partial charge in [-0.25, -0.2) is 18.1 Å². The molecule has 2 heterocycles. The number of sulfonamides is 1. The Morgan fingerprint density at radius 1 is 1.19 bits per heavy atom. The van der Waals surface area contributed by atoms with Crippen molar-refractivity contribution in [3.8, 4) is 5.75 Å². The van der Waals surface area contributed by atoms with Crippen LogP contribution in [0.25, 0.3) is 5.65 Å². The predicted molar refractivity (Wildman–Crippen MR) is 92.0 cm³/mol. The summed E-state index contributed by atoms with van der Waals surface area (Å²) in [5.41, 5.74) is 0.488. The van der Waals surface area contributed by atoms with Crippen LogP contribution in [0.3, 0.4) is 0 Å². The summed E-state index contributed by atoms with van der Waals surface area (Å²) in [6.07, 6.45) is -2.22. The third-order valence-corrected chi connectivity index (χ3v) is 5.30. The molecule has 1 N–H and O–H groups in total. The number of nitrogens with zero attached hydrogens (tertiary/aromatic N) is 2.